The van der Waals surface area contributed by atoms with Gasteiger partial charge < -0.3 is 54.7 Å². The first-order chi connectivity index (χ1) is 41.2. The van der Waals surface area contributed by atoms with E-state index in [2.05, 4.69) is 36.2 Å². The molecule has 4 aromatic rings. The minimum Gasteiger partial charge on any atom is -0.507 e. The Kier molecular flexibility index (Phi) is 19.1. The van der Waals surface area contributed by atoms with Crippen molar-refractivity contribution in [3.05, 3.63) is 134 Å². The highest BCUT2D eigenvalue weighted by atomic mass is 35.5. The molecule has 1 saturated carbocycles. The van der Waals surface area contributed by atoms with E-state index in [-0.39, 0.29) is 67.1 Å². The fourth-order valence-corrected chi connectivity index (χ4v) is 13.5. The third-order valence-electron chi connectivity index (χ3n) is 18.5. The van der Waals surface area contributed by atoms with Crippen molar-refractivity contribution in [2.75, 3.05) is 32.1 Å². The first-order valence-electron chi connectivity index (χ1n) is 30.1. The highest BCUT2D eigenvalue weighted by molar-refractivity contribution is 6.52. The van der Waals surface area contributed by atoms with Crippen molar-refractivity contribution in [1.29, 1.82) is 0 Å². The number of rotatable bonds is 6. The number of methoxy groups -OCH3 is 1. The number of carbonyl (C=O) groups excluding carboxylic acids is 5. The fourth-order valence-electron chi connectivity index (χ4n) is 13.4. The summed E-state index contributed by atoms with van der Waals surface area (Å²) in [6, 6.07) is 14.7. The van der Waals surface area contributed by atoms with E-state index in [9.17, 15) is 49.5 Å². The monoisotopic (exact) mass is 1210 g/mol. The molecule has 9 atom stereocenters. The zero-order valence-electron chi connectivity index (χ0n) is 51.4. The predicted molar refractivity (Wildman–Crippen MR) is 329 cm³/mol. The first-order valence-corrected chi connectivity index (χ1v) is 30.5. The fraction of sp³-hybridized carbons (Fsp3) is 0.485. The van der Waals surface area contributed by atoms with Gasteiger partial charge in [-0.1, -0.05) is 108 Å². The van der Waals surface area contributed by atoms with Crippen molar-refractivity contribution >= 4 is 63.0 Å². The minimum atomic E-state index is -1.96. The molecule has 4 bridgehead atoms. The zero-order chi connectivity index (χ0) is 63.1. The van der Waals surface area contributed by atoms with Gasteiger partial charge >= 0.3 is 11.8 Å². The number of aliphatic hydroxyl groups is 3. The van der Waals surface area contributed by atoms with Crippen LogP contribution in [0.2, 0.25) is 5.02 Å². The number of carbonyl (C=O) groups is 5. The summed E-state index contributed by atoms with van der Waals surface area (Å²) in [5.41, 5.74) is 1.77. The molecule has 18 nitrogen and oxygen atoms in total. The van der Waals surface area contributed by atoms with Crippen LogP contribution in [0, 0.1) is 42.4 Å². The van der Waals surface area contributed by atoms with Crippen molar-refractivity contribution < 1.29 is 68.5 Å². The second kappa shape index (κ2) is 25.9. The van der Waals surface area contributed by atoms with Crippen LogP contribution in [0.5, 0.6) is 17.2 Å². The SMILES string of the molecule is CO[C@H]1/C=C\O[C@@]2(C)Oc3c(C)c(O)c4c(O)c(c5c(c4c3C2=O)=NC2(CCN(CC(C)C)CC2)N=5)NC(=O)/C(C)=C/C=C\[C@H](C)[C@H](O)[C@@H](C)[C@@H](O)[C@@H](C)[C@@H](OC(C)=O)[C@H]1C.O=C1C(=O)c2ccccc2C(O)=C1C1CCC(c2ccc(Cl)cc2)CC1. The second-order valence-electron chi connectivity index (χ2n) is 25.0. The molecule has 0 aromatic heterocycles. The van der Waals surface area contributed by atoms with E-state index < -0.39 is 94.5 Å². The zero-order valence-corrected chi connectivity index (χ0v) is 52.1. The van der Waals surface area contributed by atoms with Crippen molar-refractivity contribution in [2.24, 2.45) is 45.5 Å². The van der Waals surface area contributed by atoms with Gasteiger partial charge in [-0.25, -0.2) is 0 Å². The third kappa shape index (κ3) is 12.6. The summed E-state index contributed by atoms with van der Waals surface area (Å²) >= 11 is 5.96. The smallest absolute Gasteiger partial charge is 0.312 e. The predicted octanol–water partition coefficient (Wildman–Crippen LogP) is 10.1. The molecule has 2 aliphatic carbocycles. The second-order valence-corrected chi connectivity index (χ2v) is 25.5. The summed E-state index contributed by atoms with van der Waals surface area (Å²) in [5.74, 6) is -7.15. The number of amides is 1. The maximum Gasteiger partial charge on any atom is 0.312 e. The van der Waals surface area contributed by atoms with Gasteiger partial charge in [-0.2, -0.15) is 0 Å². The summed E-state index contributed by atoms with van der Waals surface area (Å²) in [7, 11) is 1.47. The van der Waals surface area contributed by atoms with Crippen molar-refractivity contribution in [2.45, 2.75) is 150 Å². The molecule has 0 unspecified atom stereocenters. The molecule has 6 N–H and O–H groups in total. The number of allylic oxidation sites excluding steroid dienone is 3. The van der Waals surface area contributed by atoms with E-state index in [1.165, 1.54) is 32.8 Å². The van der Waals surface area contributed by atoms with Crippen LogP contribution in [0.1, 0.15) is 144 Å². The van der Waals surface area contributed by atoms with E-state index in [0.717, 1.165) is 37.3 Å². The Morgan fingerprint density at radius 3 is 2.08 bits per heavy atom. The van der Waals surface area contributed by atoms with Crippen LogP contribution in [0.15, 0.2) is 100 Å². The van der Waals surface area contributed by atoms with Crippen molar-refractivity contribution in [3.8, 4) is 17.2 Å². The highest BCUT2D eigenvalue weighted by Crippen LogP contribution is 2.50. The number of esters is 1. The van der Waals surface area contributed by atoms with E-state index in [0.29, 0.717) is 54.5 Å². The van der Waals surface area contributed by atoms with Crippen LogP contribution in [0.25, 0.3) is 16.5 Å². The number of phenols is 2. The van der Waals surface area contributed by atoms with E-state index >= 15 is 0 Å². The Labute approximate surface area is 512 Å². The molecule has 0 radical (unpaired) electrons. The van der Waals surface area contributed by atoms with Gasteiger partial charge in [-0.15, -0.1) is 0 Å². The Morgan fingerprint density at radius 2 is 1.45 bits per heavy atom. The maximum atomic E-state index is 14.7. The van der Waals surface area contributed by atoms with Gasteiger partial charge in [-0.05, 0) is 81.1 Å². The van der Waals surface area contributed by atoms with E-state index in [1.807, 2.05) is 12.1 Å². The molecule has 2 fully saturated rings. The average molecular weight is 1210 g/mol. The number of nitrogens with one attached hydrogen (secondary N) is 1. The Balaban J connectivity index is 0.000000286. The van der Waals surface area contributed by atoms with Crippen molar-refractivity contribution in [1.82, 2.24) is 4.90 Å². The highest BCUT2D eigenvalue weighted by Gasteiger charge is 2.50. The number of phenolic OH excluding ortho intramolecular Hbond substituents is 2. The summed E-state index contributed by atoms with van der Waals surface area (Å²) < 4.78 is 24.0. The van der Waals surface area contributed by atoms with Crippen LogP contribution in [-0.4, -0.2) is 122 Å². The normalized spacial score (nSPS) is 29.8. The molecule has 464 valence electrons. The van der Waals surface area contributed by atoms with Crippen LogP contribution < -0.4 is 20.8 Å². The van der Waals surface area contributed by atoms with Crippen molar-refractivity contribution in [3.63, 3.8) is 0 Å². The number of hydrogen-bond acceptors (Lipinski definition) is 17. The molecular formula is C68H81ClN4O14. The lowest BCUT2D eigenvalue weighted by Crippen LogP contribution is -2.46. The first kappa shape index (κ1) is 64.3. The van der Waals surface area contributed by atoms with Crippen LogP contribution in [0.4, 0.5) is 5.69 Å². The van der Waals surface area contributed by atoms with Crippen LogP contribution in [-0.2, 0) is 28.6 Å². The number of fused-ring (bicyclic) bond motifs is 2. The lowest BCUT2D eigenvalue weighted by molar-refractivity contribution is -0.160. The van der Waals surface area contributed by atoms with Gasteiger partial charge in [0.15, 0.2) is 11.4 Å². The molecule has 10 rings (SSSR count). The van der Waals surface area contributed by atoms with Gasteiger partial charge in [0.2, 0.25) is 11.6 Å². The van der Waals surface area contributed by atoms with E-state index in [1.54, 1.807) is 90.1 Å². The largest absolute Gasteiger partial charge is 0.507 e. The average Bonchev–Trinajstić information content (AvgIpc) is 1.79. The number of hydrogen-bond donors (Lipinski definition) is 6. The molecule has 1 saturated heterocycles. The third-order valence-corrected chi connectivity index (χ3v) is 18.8. The number of ketones is 3. The topological polar surface area (TPSA) is 263 Å². The Bertz CT molecular complexity index is 3630. The number of halogens is 1. The Hall–Kier alpha value is -7.22. The quantitative estimate of drug-likeness (QED) is 0.0596. The number of ether oxygens (including phenoxy) is 4. The number of nitrogens with zero attached hydrogens (tertiary/aromatic N) is 3. The molecule has 4 heterocycles. The van der Waals surface area contributed by atoms with Gasteiger partial charge in [0.05, 0.1) is 40.9 Å². The number of aliphatic hydroxyl groups excluding tert-OH is 3. The number of likely N-dealkylation sites (tertiary alicyclic amines) is 1. The van der Waals surface area contributed by atoms with Gasteiger partial charge in [0, 0.05) is 115 Å². The number of Topliss-reactive ketones (excluding diaryl/α,β-unsaturated/α-hetero) is 3. The number of benzene rings is 4. The van der Waals surface area contributed by atoms with Gasteiger partial charge in [0.25, 0.3) is 11.7 Å². The number of aromatic hydroxyl groups is 2. The minimum absolute atomic E-state index is 0.0138. The summed E-state index contributed by atoms with van der Waals surface area (Å²) in [6.45, 7) is 19.5. The molecule has 1 amide bonds. The van der Waals surface area contributed by atoms with Gasteiger partial charge in [-0.3, -0.25) is 34.0 Å². The maximum absolute atomic E-state index is 14.7. The summed E-state index contributed by atoms with van der Waals surface area (Å²) in [6.07, 6.45) is 8.45. The summed E-state index contributed by atoms with van der Waals surface area (Å²) in [5, 5.41) is 61.6. The lowest BCUT2D eigenvalue weighted by atomic mass is 9.72. The van der Waals surface area contributed by atoms with Crippen LogP contribution in [0.3, 0.4) is 0 Å². The molecular weight excluding hydrogens is 1130 g/mol. The molecule has 1 spiro atoms. The van der Waals surface area contributed by atoms with Crippen LogP contribution >= 0.6 is 11.6 Å². The number of piperidine rings is 1. The number of anilines is 1. The summed E-state index contributed by atoms with van der Waals surface area (Å²) in [4.78, 5) is 78.7. The molecule has 87 heavy (non-hydrogen) atoms. The Morgan fingerprint density at radius 1 is 0.816 bits per heavy atom. The standard InChI is InChI=1S/C46H62N4O11.C22H19ClO3/c1-22(2)21-50-18-16-46(17-19-50)48-34-31-32-39(54)28(8)42-33(31)43(56)45(10,61-42)59-20-15-30(58-11)25(5)41(60-29(9)51)27(7)38(53)26(6)37(52)23(3)13-12-14-24(4)44(57)47-36(40(32)55)35(34)49-46;23-16-11-9-14(10-12-16)13-5-7-15(8-6-13)19-20(24)17-3-1-2-4-18(17)21(25)22(19)26/h12-15,20,22-23,25-27,30,37-38,41,52-55H,16-19,21H2,1-11H3,(H,47,57);1-4,9-13,15,24H,5-8H2/b13-12-,20-15-,24-14+;/t23-,25-,26+,27+,30-,37-,38+,41-,45-;/m0./s1. The molecule has 6 aliphatic rings. The molecule has 19 heteroatoms. The lowest BCUT2D eigenvalue weighted by Gasteiger charge is -2.38. The molecule has 4 aromatic carbocycles. The molecule has 4 aliphatic heterocycles. The van der Waals surface area contributed by atoms with E-state index in [4.69, 9.17) is 40.5 Å². The van der Waals surface area contributed by atoms with Gasteiger partial charge in [0.1, 0.15) is 34.4 Å².